The highest BCUT2D eigenvalue weighted by Gasteiger charge is 2.23. The van der Waals surface area contributed by atoms with Crippen LogP contribution in [0.3, 0.4) is 0 Å². The van der Waals surface area contributed by atoms with E-state index in [1.165, 1.54) is 23.4 Å². The number of amides is 1. The maximum atomic E-state index is 14.9. The van der Waals surface area contributed by atoms with Gasteiger partial charge in [0.15, 0.2) is 17.5 Å². The first-order chi connectivity index (χ1) is 18.2. The van der Waals surface area contributed by atoms with Gasteiger partial charge in [0.05, 0.1) is 36.4 Å². The van der Waals surface area contributed by atoms with E-state index < -0.39 is 24.0 Å². The van der Waals surface area contributed by atoms with Crippen LogP contribution in [0, 0.1) is 23.1 Å². The summed E-state index contributed by atoms with van der Waals surface area (Å²) in [5.41, 5.74) is 0.794. The van der Waals surface area contributed by atoms with Gasteiger partial charge in [-0.1, -0.05) is 13.8 Å². The van der Waals surface area contributed by atoms with Gasteiger partial charge in [-0.25, -0.2) is 19.2 Å². The molecule has 0 aromatic carbocycles. The second-order valence-electron chi connectivity index (χ2n) is 8.78. The van der Waals surface area contributed by atoms with Gasteiger partial charge in [0.2, 0.25) is 5.88 Å². The van der Waals surface area contributed by atoms with E-state index >= 15 is 0 Å². The van der Waals surface area contributed by atoms with E-state index in [9.17, 15) is 14.4 Å². The van der Waals surface area contributed by atoms with Crippen molar-refractivity contribution in [3.05, 3.63) is 42.1 Å². The first-order valence-electron chi connectivity index (χ1n) is 11.8. The van der Waals surface area contributed by atoms with Crippen LogP contribution >= 0.6 is 0 Å². The molecule has 3 aromatic rings. The number of rotatable bonds is 13. The number of nitrogens with zero attached hydrogens (tertiary/aromatic N) is 6. The monoisotopic (exact) mass is 527 g/mol. The Hall–Kier alpha value is -4.51. The predicted molar refractivity (Wildman–Crippen MR) is 136 cm³/mol. The molecule has 0 spiro atoms. The van der Waals surface area contributed by atoms with Crippen LogP contribution in [0.2, 0.25) is 0 Å². The SMILES string of the molecule is COCCOc1ncc(Nc2nc(N[C@H](CC(C)C)[C@H](C)NC(=O)O)c(F)cc2C#N)cc1-n1nccn1. The van der Waals surface area contributed by atoms with Gasteiger partial charge in [-0.2, -0.15) is 15.5 Å². The van der Waals surface area contributed by atoms with Crippen LogP contribution < -0.4 is 20.7 Å². The van der Waals surface area contributed by atoms with Crippen LogP contribution in [-0.2, 0) is 4.74 Å². The van der Waals surface area contributed by atoms with E-state index in [1.807, 2.05) is 19.9 Å². The third-order valence-electron chi connectivity index (χ3n) is 5.35. The van der Waals surface area contributed by atoms with Gasteiger partial charge in [0, 0.05) is 19.2 Å². The fourth-order valence-corrected chi connectivity index (χ4v) is 3.60. The third kappa shape index (κ3) is 7.50. The van der Waals surface area contributed by atoms with Crippen LogP contribution in [0.1, 0.15) is 32.8 Å². The van der Waals surface area contributed by atoms with E-state index in [0.717, 1.165) is 6.07 Å². The summed E-state index contributed by atoms with van der Waals surface area (Å²) >= 11 is 0. The lowest BCUT2D eigenvalue weighted by molar-refractivity contribution is 0.143. The molecule has 202 valence electrons. The molecule has 2 atom stereocenters. The van der Waals surface area contributed by atoms with Crippen molar-refractivity contribution < 1.29 is 23.8 Å². The normalized spacial score (nSPS) is 12.4. The minimum absolute atomic E-state index is 0.0376. The number of carbonyl (C=O) groups is 1. The van der Waals surface area contributed by atoms with E-state index in [4.69, 9.17) is 14.6 Å². The molecule has 14 heteroatoms. The molecule has 0 radical (unpaired) electrons. The van der Waals surface area contributed by atoms with Crippen LogP contribution in [0.15, 0.2) is 30.7 Å². The fourth-order valence-electron chi connectivity index (χ4n) is 3.60. The number of hydrogen-bond donors (Lipinski definition) is 4. The van der Waals surface area contributed by atoms with Gasteiger partial charge in [0.25, 0.3) is 0 Å². The van der Waals surface area contributed by atoms with Crippen LogP contribution in [0.4, 0.5) is 26.5 Å². The highest BCUT2D eigenvalue weighted by molar-refractivity contribution is 5.67. The summed E-state index contributed by atoms with van der Waals surface area (Å²) in [7, 11) is 1.56. The number of nitrogens with one attached hydrogen (secondary N) is 3. The Morgan fingerprint density at radius 1 is 1.21 bits per heavy atom. The Morgan fingerprint density at radius 2 is 1.95 bits per heavy atom. The second-order valence-corrected chi connectivity index (χ2v) is 8.78. The van der Waals surface area contributed by atoms with Crippen molar-refractivity contribution in [2.45, 2.75) is 39.3 Å². The lowest BCUT2D eigenvalue weighted by atomic mass is 9.98. The summed E-state index contributed by atoms with van der Waals surface area (Å²) in [4.78, 5) is 21.1. The lowest BCUT2D eigenvalue weighted by Gasteiger charge is -2.27. The average Bonchev–Trinajstić information content (AvgIpc) is 3.40. The largest absolute Gasteiger partial charge is 0.474 e. The average molecular weight is 528 g/mol. The number of anilines is 3. The maximum absolute atomic E-state index is 14.9. The third-order valence-corrected chi connectivity index (χ3v) is 5.35. The van der Waals surface area contributed by atoms with Gasteiger partial charge in [-0.3, -0.25) is 0 Å². The fraction of sp³-hybridized carbons (Fsp3) is 0.417. The molecule has 0 bridgehead atoms. The first-order valence-corrected chi connectivity index (χ1v) is 11.8. The molecule has 0 aliphatic rings. The smallest absolute Gasteiger partial charge is 0.404 e. The molecule has 0 unspecified atom stereocenters. The zero-order valence-corrected chi connectivity index (χ0v) is 21.5. The molecule has 0 saturated carbocycles. The summed E-state index contributed by atoms with van der Waals surface area (Å²) in [5, 5.41) is 35.4. The summed E-state index contributed by atoms with van der Waals surface area (Å²) in [5.74, 6) is -0.347. The number of methoxy groups -OCH3 is 1. The highest BCUT2D eigenvalue weighted by atomic mass is 19.1. The molecular weight excluding hydrogens is 497 g/mol. The standard InChI is InChI=1S/C24H30FN9O4/c1-14(2)9-19(15(3)30-24(35)36)32-22-18(25)10-16(12-26)21(33-22)31-17-11-20(34-28-5-6-29-34)23(27-13-17)38-8-7-37-4/h5-6,10-11,13-15,19,30H,7-9H2,1-4H3,(H,35,36)(H2,31,32,33)/t15-,19+/m0/s1. The second kappa shape index (κ2) is 13.2. The van der Waals surface area contributed by atoms with Crippen molar-refractivity contribution in [1.29, 1.82) is 5.26 Å². The van der Waals surface area contributed by atoms with Crippen LogP contribution in [-0.4, -0.2) is 68.6 Å². The molecular formula is C24H30FN9O4. The zero-order chi connectivity index (χ0) is 27.7. The molecule has 4 N–H and O–H groups in total. The number of halogens is 1. The molecule has 3 heterocycles. The van der Waals surface area contributed by atoms with Crippen molar-refractivity contribution in [1.82, 2.24) is 30.3 Å². The predicted octanol–water partition coefficient (Wildman–Crippen LogP) is 3.32. The van der Waals surface area contributed by atoms with E-state index in [2.05, 4.69) is 36.1 Å². The quantitative estimate of drug-likeness (QED) is 0.240. The molecule has 0 fully saturated rings. The number of hydrogen-bond acceptors (Lipinski definition) is 10. The molecule has 13 nitrogen and oxygen atoms in total. The van der Waals surface area contributed by atoms with Gasteiger partial charge in [-0.15, -0.1) is 4.80 Å². The molecule has 3 aromatic heterocycles. The van der Waals surface area contributed by atoms with Gasteiger partial charge in [0.1, 0.15) is 18.4 Å². The van der Waals surface area contributed by atoms with Crippen LogP contribution in [0.25, 0.3) is 5.69 Å². The zero-order valence-electron chi connectivity index (χ0n) is 21.5. The molecule has 0 aliphatic heterocycles. The Kier molecular flexibility index (Phi) is 9.72. The lowest BCUT2D eigenvalue weighted by Crippen LogP contribution is -2.45. The minimum atomic E-state index is -1.19. The van der Waals surface area contributed by atoms with Gasteiger partial charge in [-0.05, 0) is 31.4 Å². The molecule has 1 amide bonds. The van der Waals surface area contributed by atoms with Crippen molar-refractivity contribution in [3.63, 3.8) is 0 Å². The summed E-state index contributed by atoms with van der Waals surface area (Å²) < 4.78 is 25.6. The number of pyridine rings is 2. The van der Waals surface area contributed by atoms with E-state index in [-0.39, 0.29) is 35.6 Å². The minimum Gasteiger partial charge on any atom is -0.474 e. The van der Waals surface area contributed by atoms with Gasteiger partial charge < -0.3 is 30.5 Å². The van der Waals surface area contributed by atoms with Crippen molar-refractivity contribution >= 4 is 23.4 Å². The maximum Gasteiger partial charge on any atom is 0.404 e. The molecule has 3 rings (SSSR count). The van der Waals surface area contributed by atoms with Crippen molar-refractivity contribution in [2.24, 2.45) is 5.92 Å². The van der Waals surface area contributed by atoms with E-state index in [0.29, 0.717) is 24.4 Å². The topological polar surface area (TPSA) is 172 Å². The Bertz CT molecular complexity index is 1260. The van der Waals surface area contributed by atoms with E-state index in [1.54, 1.807) is 20.1 Å². The molecule has 0 saturated heterocycles. The van der Waals surface area contributed by atoms with Crippen molar-refractivity contribution in [2.75, 3.05) is 31.0 Å². The number of carboxylic acid groups (broad SMARTS) is 1. The van der Waals surface area contributed by atoms with Crippen LogP contribution in [0.5, 0.6) is 5.88 Å². The summed E-state index contributed by atoms with van der Waals surface area (Å²) in [6.07, 6.45) is 3.82. The first kappa shape index (κ1) is 28.1. The Balaban J connectivity index is 1.93. The Labute approximate surface area is 219 Å². The summed E-state index contributed by atoms with van der Waals surface area (Å²) in [6.45, 7) is 6.23. The number of aromatic nitrogens is 5. The molecule has 0 aliphatic carbocycles. The highest BCUT2D eigenvalue weighted by Crippen LogP contribution is 2.28. The Morgan fingerprint density at radius 3 is 2.58 bits per heavy atom. The number of ether oxygens (including phenoxy) is 2. The van der Waals surface area contributed by atoms with Gasteiger partial charge >= 0.3 is 6.09 Å². The number of nitriles is 1. The molecule has 38 heavy (non-hydrogen) atoms. The summed E-state index contributed by atoms with van der Waals surface area (Å²) in [6, 6.07) is 3.64. The van der Waals surface area contributed by atoms with Crippen molar-refractivity contribution in [3.8, 4) is 17.6 Å².